The van der Waals surface area contributed by atoms with Crippen molar-refractivity contribution in [3.63, 3.8) is 0 Å². The number of hydrogen-bond acceptors (Lipinski definition) is 5. The lowest BCUT2D eigenvalue weighted by Gasteiger charge is -2.21. The first-order valence-electron chi connectivity index (χ1n) is 5.56. The summed E-state index contributed by atoms with van der Waals surface area (Å²) in [5, 5.41) is 17.5. The van der Waals surface area contributed by atoms with Crippen LogP contribution in [0.3, 0.4) is 0 Å². The summed E-state index contributed by atoms with van der Waals surface area (Å²) in [6.45, 7) is -0.986. The van der Waals surface area contributed by atoms with E-state index in [9.17, 15) is 9.59 Å². The number of halogens is 1. The molecule has 0 heterocycles. The lowest BCUT2D eigenvalue weighted by atomic mass is 9.93. The molecule has 0 radical (unpaired) electrons. The summed E-state index contributed by atoms with van der Waals surface area (Å²) in [7, 11) is 0. The number of fused-ring (bicyclic) bond motifs is 1. The highest BCUT2D eigenvalue weighted by molar-refractivity contribution is 6.49. The Balaban J connectivity index is 2.43. The van der Waals surface area contributed by atoms with E-state index in [4.69, 9.17) is 26.6 Å². The van der Waals surface area contributed by atoms with Crippen molar-refractivity contribution in [2.24, 2.45) is 0 Å². The normalized spacial score (nSPS) is 14.9. The van der Waals surface area contributed by atoms with Crippen molar-refractivity contribution in [2.75, 3.05) is 13.2 Å². The highest BCUT2D eigenvalue weighted by Gasteiger charge is 2.33. The van der Waals surface area contributed by atoms with Crippen LogP contribution in [0.1, 0.15) is 20.7 Å². The van der Waals surface area contributed by atoms with E-state index in [2.05, 4.69) is 0 Å². The molecule has 0 saturated carbocycles. The average Bonchev–Trinajstić information content (AvgIpc) is 2.45. The Morgan fingerprint density at radius 3 is 2.11 bits per heavy atom. The summed E-state index contributed by atoms with van der Waals surface area (Å²) < 4.78 is 5.12. The van der Waals surface area contributed by atoms with Crippen LogP contribution in [-0.4, -0.2) is 41.1 Å². The van der Waals surface area contributed by atoms with E-state index in [0.717, 1.165) is 0 Å². The molecule has 0 saturated heterocycles. The number of allylic oxidation sites excluding steroid dienone is 2. The van der Waals surface area contributed by atoms with Gasteiger partial charge in [-0.2, -0.15) is 0 Å². The van der Waals surface area contributed by atoms with Crippen LogP contribution in [0, 0.1) is 0 Å². The molecule has 1 aliphatic carbocycles. The molecule has 0 aliphatic heterocycles. The van der Waals surface area contributed by atoms with Gasteiger partial charge in [0, 0.05) is 11.1 Å². The van der Waals surface area contributed by atoms with Crippen molar-refractivity contribution in [2.45, 2.75) is 6.10 Å². The maximum absolute atomic E-state index is 12.2. The molecular weight excluding hydrogens is 272 g/mol. The number of Topliss-reactive ketones (excluding diaryl/α,β-unsaturated/α-hetero) is 2. The van der Waals surface area contributed by atoms with Crippen molar-refractivity contribution < 1.29 is 24.5 Å². The van der Waals surface area contributed by atoms with Gasteiger partial charge in [0.2, 0.25) is 11.6 Å². The second-order valence-corrected chi connectivity index (χ2v) is 4.33. The SMILES string of the molecule is O=C1C(Cl)=C(OC(CO)CO)C(=O)c2ccccc21. The first-order chi connectivity index (χ1) is 9.10. The summed E-state index contributed by atoms with van der Waals surface area (Å²) in [5.74, 6) is -1.38. The van der Waals surface area contributed by atoms with Crippen LogP contribution in [0.15, 0.2) is 35.1 Å². The van der Waals surface area contributed by atoms with Crippen LogP contribution < -0.4 is 0 Å². The Morgan fingerprint density at radius 1 is 1.05 bits per heavy atom. The van der Waals surface area contributed by atoms with Crippen molar-refractivity contribution in [1.82, 2.24) is 0 Å². The van der Waals surface area contributed by atoms with Crippen LogP contribution in [-0.2, 0) is 4.74 Å². The van der Waals surface area contributed by atoms with Crippen LogP contribution in [0.25, 0.3) is 0 Å². The number of benzene rings is 1. The molecule has 0 atom stereocenters. The average molecular weight is 283 g/mol. The molecule has 0 bridgehead atoms. The molecule has 2 rings (SSSR count). The number of hydrogen-bond donors (Lipinski definition) is 2. The zero-order chi connectivity index (χ0) is 14.0. The van der Waals surface area contributed by atoms with Gasteiger partial charge in [0.15, 0.2) is 5.76 Å². The van der Waals surface area contributed by atoms with Crippen LogP contribution >= 0.6 is 11.6 Å². The number of carbonyl (C=O) groups excluding carboxylic acids is 2. The zero-order valence-corrected chi connectivity index (χ0v) is 10.6. The molecule has 19 heavy (non-hydrogen) atoms. The Bertz CT molecular complexity index is 560. The summed E-state index contributed by atoms with van der Waals surface area (Å²) in [4.78, 5) is 24.1. The van der Waals surface area contributed by atoms with Crippen LogP contribution in [0.4, 0.5) is 0 Å². The van der Waals surface area contributed by atoms with Gasteiger partial charge in [0.25, 0.3) is 0 Å². The van der Waals surface area contributed by atoms with Gasteiger partial charge < -0.3 is 14.9 Å². The number of aliphatic hydroxyl groups excluding tert-OH is 2. The van der Waals surface area contributed by atoms with Gasteiger partial charge in [-0.25, -0.2) is 0 Å². The zero-order valence-electron chi connectivity index (χ0n) is 9.80. The minimum absolute atomic E-state index is 0.196. The van der Waals surface area contributed by atoms with Gasteiger partial charge in [0.1, 0.15) is 11.1 Å². The summed E-state index contributed by atoms with van der Waals surface area (Å²) in [6, 6.07) is 6.25. The topological polar surface area (TPSA) is 83.8 Å². The molecule has 0 unspecified atom stereocenters. The Morgan fingerprint density at radius 2 is 1.58 bits per heavy atom. The summed E-state index contributed by atoms with van der Waals surface area (Å²) >= 11 is 5.83. The lowest BCUT2D eigenvalue weighted by molar-refractivity contribution is 0.0154. The smallest absolute Gasteiger partial charge is 0.230 e. The first kappa shape index (κ1) is 13.7. The third-order valence-corrected chi connectivity index (χ3v) is 3.06. The Hall–Kier alpha value is -1.69. The molecule has 2 N–H and O–H groups in total. The number of ketones is 2. The molecule has 1 aromatic carbocycles. The second-order valence-electron chi connectivity index (χ2n) is 3.95. The fourth-order valence-electron chi connectivity index (χ4n) is 1.73. The van der Waals surface area contributed by atoms with Crippen LogP contribution in [0.2, 0.25) is 0 Å². The second kappa shape index (κ2) is 5.52. The molecule has 5 nitrogen and oxygen atoms in total. The summed E-state index contributed by atoms with van der Waals surface area (Å²) in [6.07, 6.45) is -0.995. The fourth-order valence-corrected chi connectivity index (χ4v) is 1.96. The largest absolute Gasteiger partial charge is 0.480 e. The predicted molar refractivity (Wildman–Crippen MR) is 67.0 cm³/mol. The monoisotopic (exact) mass is 282 g/mol. The van der Waals surface area contributed by atoms with Crippen molar-refractivity contribution >= 4 is 23.2 Å². The quantitative estimate of drug-likeness (QED) is 0.857. The van der Waals surface area contributed by atoms with Gasteiger partial charge in [-0.05, 0) is 0 Å². The number of rotatable bonds is 4. The van der Waals surface area contributed by atoms with Gasteiger partial charge in [-0.1, -0.05) is 35.9 Å². The van der Waals surface area contributed by atoms with E-state index >= 15 is 0 Å². The molecule has 0 spiro atoms. The maximum Gasteiger partial charge on any atom is 0.230 e. The molecule has 0 aromatic heterocycles. The molecular formula is C13H11ClO5. The van der Waals surface area contributed by atoms with E-state index in [1.165, 1.54) is 12.1 Å². The molecule has 1 aromatic rings. The number of ether oxygens (including phenoxy) is 1. The Labute approximate surface area is 114 Å². The maximum atomic E-state index is 12.2. The van der Waals surface area contributed by atoms with Gasteiger partial charge in [-0.3, -0.25) is 9.59 Å². The van der Waals surface area contributed by atoms with E-state index < -0.39 is 30.9 Å². The van der Waals surface area contributed by atoms with Gasteiger partial charge >= 0.3 is 0 Å². The van der Waals surface area contributed by atoms with E-state index in [1.807, 2.05) is 0 Å². The summed E-state index contributed by atoms with van der Waals surface area (Å²) in [5.41, 5.74) is 0.413. The Kier molecular flexibility index (Phi) is 3.99. The lowest BCUT2D eigenvalue weighted by Crippen LogP contribution is -2.28. The third kappa shape index (κ3) is 2.40. The minimum atomic E-state index is -0.995. The highest BCUT2D eigenvalue weighted by Crippen LogP contribution is 2.29. The van der Waals surface area contributed by atoms with E-state index in [-0.39, 0.29) is 21.9 Å². The number of carbonyl (C=O) groups is 2. The van der Waals surface area contributed by atoms with Crippen molar-refractivity contribution in [3.05, 3.63) is 46.2 Å². The standard InChI is InChI=1S/C13H11ClO5/c14-10-11(17)8-3-1-2-4-9(8)12(18)13(10)19-7(5-15)6-16/h1-4,7,15-16H,5-6H2. The fraction of sp³-hybridized carbons (Fsp3) is 0.231. The van der Waals surface area contributed by atoms with Crippen LogP contribution in [0.5, 0.6) is 0 Å². The molecule has 0 fully saturated rings. The molecule has 6 heteroatoms. The molecule has 100 valence electrons. The van der Waals surface area contributed by atoms with E-state index in [1.54, 1.807) is 12.1 Å². The van der Waals surface area contributed by atoms with Crippen molar-refractivity contribution in [3.8, 4) is 0 Å². The van der Waals surface area contributed by atoms with E-state index in [0.29, 0.717) is 0 Å². The number of aliphatic hydroxyl groups is 2. The van der Waals surface area contributed by atoms with Gasteiger partial charge in [0.05, 0.1) is 13.2 Å². The molecule has 0 amide bonds. The van der Waals surface area contributed by atoms with Gasteiger partial charge in [-0.15, -0.1) is 0 Å². The minimum Gasteiger partial charge on any atom is -0.480 e. The predicted octanol–water partition coefficient (Wildman–Crippen LogP) is 0.886. The first-order valence-corrected chi connectivity index (χ1v) is 5.94. The van der Waals surface area contributed by atoms with Crippen molar-refractivity contribution in [1.29, 1.82) is 0 Å². The molecule has 1 aliphatic rings. The third-order valence-electron chi connectivity index (χ3n) is 2.71. The highest BCUT2D eigenvalue weighted by atomic mass is 35.5.